The fourth-order valence-corrected chi connectivity index (χ4v) is 0.807. The molecule has 0 aromatic rings. The predicted molar refractivity (Wildman–Crippen MR) is 42.8 cm³/mol. The van der Waals surface area contributed by atoms with Crippen LogP contribution in [-0.2, 0) is 4.79 Å². The van der Waals surface area contributed by atoms with Crippen molar-refractivity contribution in [2.24, 2.45) is 0 Å². The van der Waals surface area contributed by atoms with Crippen molar-refractivity contribution in [2.45, 2.75) is 39.2 Å². The van der Waals surface area contributed by atoms with E-state index >= 15 is 0 Å². The van der Waals surface area contributed by atoms with Gasteiger partial charge in [0.1, 0.15) is 0 Å². The van der Waals surface area contributed by atoms with Gasteiger partial charge in [0.05, 0.1) is 0 Å². The summed E-state index contributed by atoms with van der Waals surface area (Å²) in [5.41, 5.74) is 0. The van der Waals surface area contributed by atoms with E-state index in [4.69, 9.17) is 0 Å². The standard InChI is InChI=1S/C8H17NO/c1-4-5-6-8(2)9(3)7-10/h7-8H,4-6H2,1-3H3/t8-/m1/s1. The van der Waals surface area contributed by atoms with Crippen LogP contribution in [0.25, 0.3) is 0 Å². The Morgan fingerprint density at radius 2 is 2.20 bits per heavy atom. The van der Waals surface area contributed by atoms with Gasteiger partial charge in [0.2, 0.25) is 6.41 Å². The third-order valence-corrected chi connectivity index (χ3v) is 1.84. The van der Waals surface area contributed by atoms with Crippen LogP contribution >= 0.6 is 0 Å². The molecule has 1 atom stereocenters. The Hall–Kier alpha value is -0.530. The Labute approximate surface area is 63.2 Å². The highest BCUT2D eigenvalue weighted by atomic mass is 16.1. The van der Waals surface area contributed by atoms with Crippen LogP contribution in [0.4, 0.5) is 0 Å². The second-order valence-electron chi connectivity index (χ2n) is 2.76. The highest BCUT2D eigenvalue weighted by molar-refractivity contribution is 5.46. The first-order valence-corrected chi connectivity index (χ1v) is 3.89. The SMILES string of the molecule is CCCC[C@@H](C)N(C)C=O. The van der Waals surface area contributed by atoms with E-state index in [-0.39, 0.29) is 0 Å². The van der Waals surface area contributed by atoms with E-state index in [1.807, 2.05) is 7.05 Å². The Morgan fingerprint density at radius 3 is 2.60 bits per heavy atom. The van der Waals surface area contributed by atoms with Gasteiger partial charge >= 0.3 is 0 Å². The van der Waals surface area contributed by atoms with Crippen LogP contribution in [0, 0.1) is 0 Å². The fraction of sp³-hybridized carbons (Fsp3) is 0.875. The van der Waals surface area contributed by atoms with E-state index in [0.29, 0.717) is 6.04 Å². The van der Waals surface area contributed by atoms with Gasteiger partial charge in [-0.1, -0.05) is 19.8 Å². The van der Waals surface area contributed by atoms with Gasteiger partial charge in [-0.25, -0.2) is 0 Å². The van der Waals surface area contributed by atoms with Crippen molar-refractivity contribution in [3.05, 3.63) is 0 Å². The molecule has 0 N–H and O–H groups in total. The van der Waals surface area contributed by atoms with Crippen LogP contribution < -0.4 is 0 Å². The summed E-state index contributed by atoms with van der Waals surface area (Å²) < 4.78 is 0. The second kappa shape index (κ2) is 5.27. The normalized spacial score (nSPS) is 12.7. The third kappa shape index (κ3) is 3.49. The summed E-state index contributed by atoms with van der Waals surface area (Å²) in [6.45, 7) is 4.23. The zero-order valence-corrected chi connectivity index (χ0v) is 7.13. The van der Waals surface area contributed by atoms with Gasteiger partial charge in [0.15, 0.2) is 0 Å². The maximum Gasteiger partial charge on any atom is 0.209 e. The lowest BCUT2D eigenvalue weighted by atomic mass is 10.1. The molecule has 2 nitrogen and oxygen atoms in total. The summed E-state index contributed by atoms with van der Waals surface area (Å²) in [5.74, 6) is 0. The molecule has 0 bridgehead atoms. The summed E-state index contributed by atoms with van der Waals surface area (Å²) in [7, 11) is 1.83. The average Bonchev–Trinajstić information content (AvgIpc) is 1.98. The average molecular weight is 143 g/mol. The molecule has 0 aromatic carbocycles. The molecular formula is C8H17NO. The van der Waals surface area contributed by atoms with Crippen molar-refractivity contribution in [2.75, 3.05) is 7.05 Å². The zero-order chi connectivity index (χ0) is 7.98. The second-order valence-corrected chi connectivity index (χ2v) is 2.76. The summed E-state index contributed by atoms with van der Waals surface area (Å²) in [6.07, 6.45) is 4.42. The summed E-state index contributed by atoms with van der Waals surface area (Å²) in [6, 6.07) is 0.400. The smallest absolute Gasteiger partial charge is 0.209 e. The minimum atomic E-state index is 0.400. The maximum absolute atomic E-state index is 10.2. The van der Waals surface area contributed by atoms with Crippen molar-refractivity contribution in [3.63, 3.8) is 0 Å². The molecule has 60 valence electrons. The van der Waals surface area contributed by atoms with Crippen molar-refractivity contribution in [1.29, 1.82) is 0 Å². The molecule has 0 saturated carbocycles. The number of rotatable bonds is 5. The predicted octanol–water partition coefficient (Wildman–Crippen LogP) is 1.65. The quantitative estimate of drug-likeness (QED) is 0.536. The molecule has 0 aliphatic rings. The molecule has 0 spiro atoms. The third-order valence-electron chi connectivity index (χ3n) is 1.84. The van der Waals surface area contributed by atoms with Crippen molar-refractivity contribution < 1.29 is 4.79 Å². The number of nitrogens with zero attached hydrogens (tertiary/aromatic N) is 1. The van der Waals surface area contributed by atoms with Crippen molar-refractivity contribution in [1.82, 2.24) is 4.90 Å². The van der Waals surface area contributed by atoms with E-state index in [1.165, 1.54) is 12.8 Å². The molecule has 10 heavy (non-hydrogen) atoms. The van der Waals surface area contributed by atoms with Crippen LogP contribution in [0.1, 0.15) is 33.1 Å². The highest BCUT2D eigenvalue weighted by Gasteiger charge is 2.04. The molecule has 2 heteroatoms. The molecule has 0 fully saturated rings. The fourth-order valence-electron chi connectivity index (χ4n) is 0.807. The van der Waals surface area contributed by atoms with Crippen LogP contribution in [0.3, 0.4) is 0 Å². The van der Waals surface area contributed by atoms with E-state index in [9.17, 15) is 4.79 Å². The Kier molecular flexibility index (Phi) is 4.99. The number of carbonyl (C=O) groups is 1. The van der Waals surface area contributed by atoms with E-state index < -0.39 is 0 Å². The van der Waals surface area contributed by atoms with Gasteiger partial charge in [-0.05, 0) is 13.3 Å². The molecule has 0 aliphatic heterocycles. The topological polar surface area (TPSA) is 20.3 Å². The van der Waals surface area contributed by atoms with Gasteiger partial charge < -0.3 is 4.90 Å². The maximum atomic E-state index is 10.2. The minimum absolute atomic E-state index is 0.400. The van der Waals surface area contributed by atoms with Gasteiger partial charge in [0, 0.05) is 13.1 Å². The van der Waals surface area contributed by atoms with E-state index in [2.05, 4.69) is 13.8 Å². The van der Waals surface area contributed by atoms with Gasteiger partial charge in [-0.2, -0.15) is 0 Å². The van der Waals surface area contributed by atoms with Crippen LogP contribution in [0.15, 0.2) is 0 Å². The lowest BCUT2D eigenvalue weighted by Crippen LogP contribution is -2.27. The molecular weight excluding hydrogens is 126 g/mol. The molecule has 0 unspecified atom stereocenters. The van der Waals surface area contributed by atoms with Crippen LogP contribution in [0.5, 0.6) is 0 Å². The molecule has 0 rings (SSSR count). The van der Waals surface area contributed by atoms with Gasteiger partial charge in [-0.3, -0.25) is 4.79 Å². The first-order valence-electron chi connectivity index (χ1n) is 3.89. The number of unbranched alkanes of at least 4 members (excludes halogenated alkanes) is 1. The van der Waals surface area contributed by atoms with Crippen molar-refractivity contribution >= 4 is 6.41 Å². The first-order chi connectivity index (χ1) is 4.72. The van der Waals surface area contributed by atoms with Crippen LogP contribution in [-0.4, -0.2) is 24.4 Å². The lowest BCUT2D eigenvalue weighted by molar-refractivity contribution is -0.118. The summed E-state index contributed by atoms with van der Waals surface area (Å²) in [4.78, 5) is 12.0. The zero-order valence-electron chi connectivity index (χ0n) is 7.13. The number of carbonyl (C=O) groups excluding carboxylic acids is 1. The van der Waals surface area contributed by atoms with Crippen LogP contribution in [0.2, 0.25) is 0 Å². The molecule has 0 saturated heterocycles. The van der Waals surface area contributed by atoms with Gasteiger partial charge in [-0.15, -0.1) is 0 Å². The Morgan fingerprint density at radius 1 is 1.60 bits per heavy atom. The minimum Gasteiger partial charge on any atom is -0.346 e. The van der Waals surface area contributed by atoms with E-state index in [1.54, 1.807) is 4.90 Å². The number of hydrogen-bond donors (Lipinski definition) is 0. The molecule has 0 heterocycles. The van der Waals surface area contributed by atoms with Gasteiger partial charge in [0.25, 0.3) is 0 Å². The monoisotopic (exact) mass is 143 g/mol. The Balaban J connectivity index is 3.40. The molecule has 0 aromatic heterocycles. The highest BCUT2D eigenvalue weighted by Crippen LogP contribution is 2.03. The number of amides is 1. The summed E-state index contributed by atoms with van der Waals surface area (Å²) in [5, 5.41) is 0. The largest absolute Gasteiger partial charge is 0.346 e. The van der Waals surface area contributed by atoms with E-state index in [0.717, 1.165) is 12.8 Å². The lowest BCUT2D eigenvalue weighted by Gasteiger charge is -2.19. The summed E-state index contributed by atoms with van der Waals surface area (Å²) >= 11 is 0. The Bertz CT molecular complexity index is 93.3. The first kappa shape index (κ1) is 9.47. The molecule has 1 amide bonds. The van der Waals surface area contributed by atoms with Crippen molar-refractivity contribution in [3.8, 4) is 0 Å². The molecule has 0 radical (unpaired) electrons. The number of hydrogen-bond acceptors (Lipinski definition) is 1. The molecule has 0 aliphatic carbocycles.